The maximum atomic E-state index is 12.1. The third-order valence-corrected chi connectivity index (χ3v) is 5.01. The van der Waals surface area contributed by atoms with Gasteiger partial charge in [-0.05, 0) is 31.7 Å². The molecule has 1 N–H and O–H groups in total. The third-order valence-electron chi connectivity index (χ3n) is 3.64. The summed E-state index contributed by atoms with van der Waals surface area (Å²) < 4.78 is 30.3. The van der Waals surface area contributed by atoms with Crippen molar-refractivity contribution in [2.75, 3.05) is 25.4 Å². The van der Waals surface area contributed by atoms with E-state index < -0.39 is 10.0 Å². The fourth-order valence-electron chi connectivity index (χ4n) is 2.26. The fourth-order valence-corrected chi connectivity index (χ4v) is 2.95. The second kappa shape index (κ2) is 6.41. The number of carbonyl (C=O) groups is 1. The number of carbonyl (C=O) groups excluding carboxylic acids is 1. The highest BCUT2D eigenvalue weighted by atomic mass is 32.2. The number of hydrogen-bond acceptors (Lipinski definition) is 4. The Bertz CT molecular complexity index is 531. The summed E-state index contributed by atoms with van der Waals surface area (Å²) in [6, 6.07) is 1.66. The first-order valence-electron chi connectivity index (χ1n) is 6.80. The van der Waals surface area contributed by atoms with Crippen molar-refractivity contribution >= 4 is 15.9 Å². The van der Waals surface area contributed by atoms with E-state index in [9.17, 15) is 13.2 Å². The number of amides is 1. The van der Waals surface area contributed by atoms with Crippen LogP contribution in [0.15, 0.2) is 23.0 Å². The van der Waals surface area contributed by atoms with E-state index in [0.717, 1.165) is 12.8 Å². The summed E-state index contributed by atoms with van der Waals surface area (Å²) in [4.78, 5) is 13.9. The van der Waals surface area contributed by atoms with Crippen LogP contribution in [0, 0.1) is 5.92 Å². The predicted molar refractivity (Wildman–Crippen MR) is 74.8 cm³/mol. The van der Waals surface area contributed by atoms with Gasteiger partial charge in [-0.2, -0.15) is 0 Å². The van der Waals surface area contributed by atoms with E-state index in [1.807, 2.05) is 0 Å². The molecule has 1 aliphatic rings. The molecular formula is C13H20N2O4S. The zero-order valence-corrected chi connectivity index (χ0v) is 12.4. The van der Waals surface area contributed by atoms with Gasteiger partial charge in [0.1, 0.15) is 6.26 Å². The van der Waals surface area contributed by atoms with Gasteiger partial charge in [0.25, 0.3) is 5.91 Å². The summed E-state index contributed by atoms with van der Waals surface area (Å²) in [7, 11) is -3.13. The van der Waals surface area contributed by atoms with E-state index in [2.05, 4.69) is 4.72 Å². The average molecular weight is 300 g/mol. The van der Waals surface area contributed by atoms with Crippen LogP contribution >= 0.6 is 0 Å². The van der Waals surface area contributed by atoms with Gasteiger partial charge < -0.3 is 9.32 Å². The number of furan rings is 1. The highest BCUT2D eigenvalue weighted by molar-refractivity contribution is 7.89. The Labute approximate surface area is 119 Å². The van der Waals surface area contributed by atoms with Gasteiger partial charge in [-0.15, -0.1) is 0 Å². The molecule has 7 heteroatoms. The van der Waals surface area contributed by atoms with Crippen LogP contribution in [0.5, 0.6) is 0 Å². The topological polar surface area (TPSA) is 79.6 Å². The van der Waals surface area contributed by atoms with E-state index in [1.165, 1.54) is 12.5 Å². The first kappa shape index (κ1) is 15.1. The first-order chi connectivity index (χ1) is 9.52. The van der Waals surface area contributed by atoms with Crippen LogP contribution in [0.25, 0.3) is 0 Å². The molecule has 0 unspecified atom stereocenters. The van der Waals surface area contributed by atoms with E-state index in [4.69, 9.17) is 4.42 Å². The van der Waals surface area contributed by atoms with Crippen LogP contribution in [0.1, 0.15) is 30.1 Å². The van der Waals surface area contributed by atoms with Crippen molar-refractivity contribution in [3.8, 4) is 0 Å². The van der Waals surface area contributed by atoms with Crippen LogP contribution < -0.4 is 4.72 Å². The van der Waals surface area contributed by atoms with Crippen molar-refractivity contribution in [2.45, 2.75) is 19.8 Å². The summed E-state index contributed by atoms with van der Waals surface area (Å²) in [6.45, 7) is 3.39. The Morgan fingerprint density at radius 1 is 1.45 bits per heavy atom. The Balaban J connectivity index is 1.79. The van der Waals surface area contributed by atoms with Gasteiger partial charge in [0, 0.05) is 19.6 Å². The number of nitrogens with zero attached hydrogens (tertiary/aromatic N) is 1. The molecule has 0 spiro atoms. The molecule has 0 aromatic carbocycles. The molecule has 0 radical (unpaired) electrons. The van der Waals surface area contributed by atoms with Gasteiger partial charge in [0.15, 0.2) is 0 Å². The Morgan fingerprint density at radius 2 is 2.15 bits per heavy atom. The highest BCUT2D eigenvalue weighted by Gasteiger charge is 2.24. The fraction of sp³-hybridized carbons (Fsp3) is 0.615. The zero-order chi connectivity index (χ0) is 14.6. The summed E-state index contributed by atoms with van der Waals surface area (Å²) in [5, 5.41) is 0. The number of sulfonamides is 1. The van der Waals surface area contributed by atoms with Crippen LogP contribution in [0.2, 0.25) is 0 Å². The number of piperidine rings is 1. The molecular weight excluding hydrogens is 280 g/mol. The molecule has 1 aromatic rings. The lowest BCUT2D eigenvalue weighted by molar-refractivity contribution is 0.0691. The van der Waals surface area contributed by atoms with Crippen molar-refractivity contribution < 1.29 is 17.6 Å². The molecule has 0 aliphatic carbocycles. The summed E-state index contributed by atoms with van der Waals surface area (Å²) in [5.41, 5.74) is 0.565. The van der Waals surface area contributed by atoms with Crippen LogP contribution in [-0.4, -0.2) is 44.6 Å². The summed E-state index contributed by atoms with van der Waals surface area (Å²) in [6.07, 6.45) is 4.56. The Morgan fingerprint density at radius 3 is 2.70 bits per heavy atom. The second-order valence-corrected chi connectivity index (χ2v) is 7.10. The normalized spacial score (nSPS) is 17.4. The Kier molecular flexibility index (Phi) is 4.82. The number of nitrogens with one attached hydrogen (secondary N) is 1. The van der Waals surface area contributed by atoms with Crippen molar-refractivity contribution in [3.05, 3.63) is 24.2 Å². The number of rotatable bonds is 5. The van der Waals surface area contributed by atoms with Crippen molar-refractivity contribution in [1.82, 2.24) is 9.62 Å². The average Bonchev–Trinajstić information content (AvgIpc) is 2.99. The van der Waals surface area contributed by atoms with Crippen molar-refractivity contribution in [1.29, 1.82) is 0 Å². The number of likely N-dealkylation sites (tertiary alicyclic amines) is 1. The third kappa shape index (κ3) is 3.83. The SMILES string of the molecule is CCS(=O)(=O)NCC1CCN(C(=O)c2ccoc2)CC1. The lowest BCUT2D eigenvalue weighted by Crippen LogP contribution is -2.41. The highest BCUT2D eigenvalue weighted by Crippen LogP contribution is 2.18. The molecule has 1 aliphatic heterocycles. The Hall–Kier alpha value is -1.34. The minimum atomic E-state index is -3.13. The predicted octanol–water partition coefficient (Wildman–Crippen LogP) is 1.07. The number of hydrogen-bond donors (Lipinski definition) is 1. The maximum absolute atomic E-state index is 12.1. The molecule has 0 bridgehead atoms. The quantitative estimate of drug-likeness (QED) is 0.882. The minimum absolute atomic E-state index is 0.0219. The van der Waals surface area contributed by atoms with E-state index in [1.54, 1.807) is 17.9 Å². The lowest BCUT2D eigenvalue weighted by Gasteiger charge is -2.31. The zero-order valence-electron chi connectivity index (χ0n) is 11.5. The smallest absolute Gasteiger partial charge is 0.257 e. The van der Waals surface area contributed by atoms with Crippen molar-refractivity contribution in [2.24, 2.45) is 5.92 Å². The molecule has 0 saturated carbocycles. The molecule has 2 rings (SSSR count). The standard InChI is InChI=1S/C13H20N2O4S/c1-2-20(17,18)14-9-11-3-6-15(7-4-11)13(16)12-5-8-19-10-12/h5,8,10-11,14H,2-4,6-7,9H2,1H3. The molecule has 6 nitrogen and oxygen atoms in total. The molecule has 20 heavy (non-hydrogen) atoms. The molecule has 1 aromatic heterocycles. The molecule has 1 fully saturated rings. The monoisotopic (exact) mass is 300 g/mol. The summed E-state index contributed by atoms with van der Waals surface area (Å²) >= 11 is 0. The molecule has 112 valence electrons. The molecule has 2 heterocycles. The first-order valence-corrected chi connectivity index (χ1v) is 8.46. The van der Waals surface area contributed by atoms with Gasteiger partial charge in [-0.25, -0.2) is 13.1 Å². The maximum Gasteiger partial charge on any atom is 0.257 e. The largest absolute Gasteiger partial charge is 0.472 e. The van der Waals surface area contributed by atoms with E-state index in [-0.39, 0.29) is 11.7 Å². The molecule has 0 atom stereocenters. The molecule has 1 amide bonds. The van der Waals surface area contributed by atoms with E-state index >= 15 is 0 Å². The second-order valence-electron chi connectivity index (χ2n) is 5.00. The molecule has 1 saturated heterocycles. The lowest BCUT2D eigenvalue weighted by atomic mass is 9.97. The van der Waals surface area contributed by atoms with Gasteiger partial charge >= 0.3 is 0 Å². The van der Waals surface area contributed by atoms with Crippen LogP contribution in [0.4, 0.5) is 0 Å². The van der Waals surface area contributed by atoms with Gasteiger partial charge in [0.2, 0.25) is 10.0 Å². The van der Waals surface area contributed by atoms with Gasteiger partial charge in [0.05, 0.1) is 17.6 Å². The van der Waals surface area contributed by atoms with Crippen LogP contribution in [0.3, 0.4) is 0 Å². The van der Waals surface area contributed by atoms with Gasteiger partial charge in [-0.1, -0.05) is 0 Å². The van der Waals surface area contributed by atoms with E-state index in [0.29, 0.717) is 31.1 Å². The summed E-state index contributed by atoms with van der Waals surface area (Å²) in [5.74, 6) is 0.376. The van der Waals surface area contributed by atoms with Crippen LogP contribution in [-0.2, 0) is 10.0 Å². The van der Waals surface area contributed by atoms with Gasteiger partial charge in [-0.3, -0.25) is 4.79 Å². The van der Waals surface area contributed by atoms with Crippen molar-refractivity contribution in [3.63, 3.8) is 0 Å². The minimum Gasteiger partial charge on any atom is -0.472 e.